The van der Waals surface area contributed by atoms with Crippen LogP contribution in [-0.2, 0) is 6.54 Å². The standard InChI is InChI=1S/C14H21N3S/c1-17(2)10-6-5-9-15-11-14-16-12-7-3-4-8-13(12)18-14/h3-4,7-8,15H,5-6,9-11H2,1-2H3. The van der Waals surface area contributed by atoms with Gasteiger partial charge in [0.05, 0.1) is 10.2 Å². The number of thiazole rings is 1. The van der Waals surface area contributed by atoms with E-state index in [1.165, 1.54) is 29.1 Å². The third-order valence-electron chi connectivity index (χ3n) is 2.82. The minimum absolute atomic E-state index is 0.890. The predicted octanol–water partition coefficient (Wildman–Crippen LogP) is 2.73. The van der Waals surface area contributed by atoms with Gasteiger partial charge in [0.1, 0.15) is 5.01 Å². The van der Waals surface area contributed by atoms with Crippen LogP contribution in [0.1, 0.15) is 17.8 Å². The lowest BCUT2D eigenvalue weighted by molar-refractivity contribution is 0.391. The Morgan fingerprint density at radius 3 is 2.83 bits per heavy atom. The van der Waals surface area contributed by atoms with Crippen molar-refractivity contribution in [1.29, 1.82) is 0 Å². The maximum atomic E-state index is 4.61. The van der Waals surface area contributed by atoms with Gasteiger partial charge >= 0.3 is 0 Å². The number of unbranched alkanes of at least 4 members (excludes halogenated alkanes) is 1. The first kappa shape index (κ1) is 13.5. The van der Waals surface area contributed by atoms with E-state index in [9.17, 15) is 0 Å². The monoisotopic (exact) mass is 263 g/mol. The topological polar surface area (TPSA) is 28.2 Å². The number of benzene rings is 1. The maximum absolute atomic E-state index is 4.61. The predicted molar refractivity (Wildman–Crippen MR) is 79.1 cm³/mol. The molecule has 1 aromatic carbocycles. The molecule has 1 N–H and O–H groups in total. The van der Waals surface area contributed by atoms with E-state index in [-0.39, 0.29) is 0 Å². The van der Waals surface area contributed by atoms with Gasteiger partial charge in [-0.3, -0.25) is 0 Å². The molecule has 0 unspecified atom stereocenters. The molecule has 0 saturated heterocycles. The summed E-state index contributed by atoms with van der Waals surface area (Å²) in [5.74, 6) is 0. The molecule has 1 aromatic heterocycles. The molecular formula is C14H21N3S. The van der Waals surface area contributed by atoms with E-state index in [0.717, 1.165) is 18.6 Å². The number of hydrogen-bond acceptors (Lipinski definition) is 4. The van der Waals surface area contributed by atoms with Gasteiger partial charge in [0, 0.05) is 6.54 Å². The van der Waals surface area contributed by atoms with Gasteiger partial charge in [-0.25, -0.2) is 4.98 Å². The molecule has 0 aliphatic carbocycles. The second-order valence-electron chi connectivity index (χ2n) is 4.76. The number of fused-ring (bicyclic) bond motifs is 1. The summed E-state index contributed by atoms with van der Waals surface area (Å²) in [6.07, 6.45) is 2.48. The Kier molecular flexibility index (Phi) is 5.11. The van der Waals surface area contributed by atoms with Crippen LogP contribution in [0.2, 0.25) is 0 Å². The van der Waals surface area contributed by atoms with Gasteiger partial charge in [0.2, 0.25) is 0 Å². The fourth-order valence-corrected chi connectivity index (χ4v) is 2.81. The van der Waals surface area contributed by atoms with E-state index in [4.69, 9.17) is 0 Å². The Morgan fingerprint density at radius 2 is 2.06 bits per heavy atom. The molecule has 3 nitrogen and oxygen atoms in total. The summed E-state index contributed by atoms with van der Waals surface area (Å²) in [4.78, 5) is 6.84. The molecule has 4 heteroatoms. The van der Waals surface area contributed by atoms with Crippen LogP contribution in [0.3, 0.4) is 0 Å². The summed E-state index contributed by atoms with van der Waals surface area (Å²) in [5, 5.41) is 4.65. The van der Waals surface area contributed by atoms with Crippen molar-refractivity contribution in [2.24, 2.45) is 0 Å². The Morgan fingerprint density at radius 1 is 1.22 bits per heavy atom. The van der Waals surface area contributed by atoms with Crippen molar-refractivity contribution in [1.82, 2.24) is 15.2 Å². The second kappa shape index (κ2) is 6.83. The molecule has 1 heterocycles. The lowest BCUT2D eigenvalue weighted by Crippen LogP contribution is -2.18. The average Bonchev–Trinajstić information content (AvgIpc) is 2.75. The largest absolute Gasteiger partial charge is 0.310 e. The average molecular weight is 263 g/mol. The lowest BCUT2D eigenvalue weighted by Gasteiger charge is -2.08. The zero-order valence-electron chi connectivity index (χ0n) is 11.1. The summed E-state index contributed by atoms with van der Waals surface area (Å²) in [6.45, 7) is 3.13. The van der Waals surface area contributed by atoms with E-state index in [1.54, 1.807) is 11.3 Å². The summed E-state index contributed by atoms with van der Waals surface area (Å²) >= 11 is 1.78. The normalized spacial score (nSPS) is 11.5. The minimum atomic E-state index is 0.890. The lowest BCUT2D eigenvalue weighted by atomic mass is 10.3. The first-order valence-corrected chi connectivity index (χ1v) is 7.27. The van der Waals surface area contributed by atoms with E-state index in [0.29, 0.717) is 0 Å². The first-order chi connectivity index (χ1) is 8.75. The number of nitrogens with one attached hydrogen (secondary N) is 1. The van der Waals surface area contributed by atoms with Crippen molar-refractivity contribution < 1.29 is 0 Å². The summed E-state index contributed by atoms with van der Waals surface area (Å²) in [6, 6.07) is 8.32. The SMILES string of the molecule is CN(C)CCCCNCc1nc2ccccc2s1. The van der Waals surface area contributed by atoms with Crippen molar-refractivity contribution in [2.75, 3.05) is 27.2 Å². The van der Waals surface area contributed by atoms with Crippen molar-refractivity contribution in [2.45, 2.75) is 19.4 Å². The molecule has 0 spiro atoms. The number of para-hydroxylation sites is 1. The molecule has 0 radical (unpaired) electrons. The molecule has 18 heavy (non-hydrogen) atoms. The fourth-order valence-electron chi connectivity index (χ4n) is 1.87. The molecule has 0 atom stereocenters. The summed E-state index contributed by atoms with van der Waals surface area (Å²) in [7, 11) is 4.24. The van der Waals surface area contributed by atoms with Crippen molar-refractivity contribution >= 4 is 21.6 Å². The number of hydrogen-bond donors (Lipinski definition) is 1. The van der Waals surface area contributed by atoms with Gasteiger partial charge < -0.3 is 10.2 Å². The van der Waals surface area contributed by atoms with Gasteiger partial charge in [-0.2, -0.15) is 0 Å². The number of rotatable bonds is 7. The number of aromatic nitrogens is 1. The fraction of sp³-hybridized carbons (Fsp3) is 0.500. The highest BCUT2D eigenvalue weighted by Gasteiger charge is 2.01. The van der Waals surface area contributed by atoms with Crippen LogP contribution < -0.4 is 5.32 Å². The van der Waals surface area contributed by atoms with E-state index in [2.05, 4.69) is 47.5 Å². The molecule has 0 fully saturated rings. The van der Waals surface area contributed by atoms with Gasteiger partial charge in [-0.15, -0.1) is 11.3 Å². The van der Waals surface area contributed by atoms with Crippen LogP contribution >= 0.6 is 11.3 Å². The molecule has 0 saturated carbocycles. The first-order valence-electron chi connectivity index (χ1n) is 6.45. The summed E-state index contributed by atoms with van der Waals surface area (Å²) < 4.78 is 1.28. The Bertz CT molecular complexity index is 446. The Balaban J connectivity index is 1.70. The van der Waals surface area contributed by atoms with Crippen LogP contribution in [0.15, 0.2) is 24.3 Å². The highest BCUT2D eigenvalue weighted by molar-refractivity contribution is 7.18. The van der Waals surface area contributed by atoms with Crippen LogP contribution in [0.5, 0.6) is 0 Å². The van der Waals surface area contributed by atoms with Gasteiger partial charge in [0.15, 0.2) is 0 Å². The highest BCUT2D eigenvalue weighted by Crippen LogP contribution is 2.21. The zero-order chi connectivity index (χ0) is 12.8. The van der Waals surface area contributed by atoms with E-state index < -0.39 is 0 Å². The minimum Gasteiger partial charge on any atom is -0.310 e. The summed E-state index contributed by atoms with van der Waals surface area (Å²) in [5.41, 5.74) is 1.12. The quantitative estimate of drug-likeness (QED) is 0.779. The molecule has 0 amide bonds. The van der Waals surface area contributed by atoms with Crippen molar-refractivity contribution in [3.8, 4) is 0 Å². The molecule has 2 rings (SSSR count). The number of nitrogens with zero attached hydrogens (tertiary/aromatic N) is 2. The molecular weight excluding hydrogens is 242 g/mol. The molecule has 0 aliphatic rings. The van der Waals surface area contributed by atoms with E-state index >= 15 is 0 Å². The van der Waals surface area contributed by atoms with E-state index in [1.807, 2.05) is 6.07 Å². The Labute approximate surface area is 113 Å². The van der Waals surface area contributed by atoms with Gasteiger partial charge in [-0.05, 0) is 52.2 Å². The van der Waals surface area contributed by atoms with Crippen LogP contribution in [-0.4, -0.2) is 37.1 Å². The Hall–Kier alpha value is -0.970. The van der Waals surface area contributed by atoms with Gasteiger partial charge in [-0.1, -0.05) is 12.1 Å². The zero-order valence-corrected chi connectivity index (χ0v) is 12.0. The van der Waals surface area contributed by atoms with Crippen LogP contribution in [0.4, 0.5) is 0 Å². The smallest absolute Gasteiger partial charge is 0.108 e. The van der Waals surface area contributed by atoms with Crippen molar-refractivity contribution in [3.05, 3.63) is 29.3 Å². The third kappa shape index (κ3) is 4.05. The maximum Gasteiger partial charge on any atom is 0.108 e. The van der Waals surface area contributed by atoms with Crippen LogP contribution in [0.25, 0.3) is 10.2 Å². The third-order valence-corrected chi connectivity index (χ3v) is 3.86. The second-order valence-corrected chi connectivity index (χ2v) is 5.88. The van der Waals surface area contributed by atoms with Crippen molar-refractivity contribution in [3.63, 3.8) is 0 Å². The molecule has 2 aromatic rings. The molecule has 0 aliphatic heterocycles. The van der Waals surface area contributed by atoms with Gasteiger partial charge in [0.25, 0.3) is 0 Å². The van der Waals surface area contributed by atoms with Crippen LogP contribution in [0, 0.1) is 0 Å². The molecule has 98 valence electrons. The molecule has 0 bridgehead atoms. The highest BCUT2D eigenvalue weighted by atomic mass is 32.1.